The van der Waals surface area contributed by atoms with E-state index in [0.717, 1.165) is 28.1 Å². The fraction of sp³-hybridized carbons (Fsp3) is 0.136. The van der Waals surface area contributed by atoms with Gasteiger partial charge >= 0.3 is 5.56 Å². The third-order valence-electron chi connectivity index (χ3n) is 4.51. The van der Waals surface area contributed by atoms with Crippen LogP contribution in [0.5, 0.6) is 0 Å². The summed E-state index contributed by atoms with van der Waals surface area (Å²) in [5.74, 6) is 0.748. The van der Waals surface area contributed by atoms with Gasteiger partial charge in [0.2, 0.25) is 5.65 Å². The molecule has 5 nitrogen and oxygen atoms in total. The molecule has 2 aromatic carbocycles. The van der Waals surface area contributed by atoms with Gasteiger partial charge in [-0.1, -0.05) is 54.7 Å². The number of aromatic nitrogens is 4. The first-order chi connectivity index (χ1) is 13.5. The lowest BCUT2D eigenvalue weighted by Gasteiger charge is -2.08. The van der Waals surface area contributed by atoms with Gasteiger partial charge in [0, 0.05) is 23.8 Å². The molecule has 0 atom stereocenters. The minimum atomic E-state index is -0.179. The molecule has 2 aromatic heterocycles. The summed E-state index contributed by atoms with van der Waals surface area (Å²) in [6, 6.07) is 14.3. The van der Waals surface area contributed by atoms with Gasteiger partial charge in [0.05, 0.1) is 0 Å². The van der Waals surface area contributed by atoms with E-state index in [1.165, 1.54) is 5.56 Å². The van der Waals surface area contributed by atoms with Crippen LogP contribution in [-0.4, -0.2) is 19.2 Å². The van der Waals surface area contributed by atoms with Gasteiger partial charge in [0.25, 0.3) is 0 Å². The summed E-state index contributed by atoms with van der Waals surface area (Å²) in [7, 11) is 0. The van der Waals surface area contributed by atoms with E-state index in [9.17, 15) is 4.79 Å². The summed E-state index contributed by atoms with van der Waals surface area (Å²) in [4.78, 5) is 12.9. The lowest BCUT2D eigenvalue weighted by atomic mass is 10.1. The minimum Gasteiger partial charge on any atom is -0.280 e. The van der Waals surface area contributed by atoms with Crippen molar-refractivity contribution in [3.63, 3.8) is 0 Å². The molecule has 4 aromatic rings. The lowest BCUT2D eigenvalue weighted by molar-refractivity contribution is 0.892. The molecule has 0 N–H and O–H groups in total. The summed E-state index contributed by atoms with van der Waals surface area (Å²) in [5, 5.41) is 9.06. The Balaban J connectivity index is 1.64. The number of thioether (sulfide) groups is 1. The molecule has 140 valence electrons. The summed E-state index contributed by atoms with van der Waals surface area (Å²) >= 11 is 1.55. The van der Waals surface area contributed by atoms with Crippen LogP contribution in [0.15, 0.2) is 71.4 Å². The van der Waals surface area contributed by atoms with E-state index in [2.05, 4.69) is 35.0 Å². The first-order valence-corrected chi connectivity index (χ1v) is 9.93. The van der Waals surface area contributed by atoms with Crippen LogP contribution in [-0.2, 0) is 5.75 Å². The van der Waals surface area contributed by atoms with E-state index in [1.807, 2.05) is 50.4 Å². The van der Waals surface area contributed by atoms with E-state index < -0.39 is 0 Å². The van der Waals surface area contributed by atoms with Crippen LogP contribution in [0.4, 0.5) is 0 Å². The molecule has 0 saturated carbocycles. The molecule has 0 bridgehead atoms. The van der Waals surface area contributed by atoms with Crippen LogP contribution in [0.25, 0.3) is 17.4 Å². The van der Waals surface area contributed by atoms with Crippen molar-refractivity contribution in [3.05, 3.63) is 94.0 Å². The molecule has 28 heavy (non-hydrogen) atoms. The predicted molar refractivity (Wildman–Crippen MR) is 114 cm³/mol. The SMILES string of the molecule is C=Cc1ccc(CSc2nnc3c(=O)n(-c4cc(C)cc(C)c4)ccn23)cc1. The molecule has 0 radical (unpaired) electrons. The molecule has 0 aliphatic rings. The molecule has 4 rings (SSSR count). The summed E-state index contributed by atoms with van der Waals surface area (Å²) in [6.45, 7) is 7.81. The molecule has 0 amide bonds. The Morgan fingerprint density at radius 1 is 1.04 bits per heavy atom. The zero-order valence-corrected chi connectivity index (χ0v) is 16.6. The van der Waals surface area contributed by atoms with Crippen LogP contribution in [0.1, 0.15) is 22.3 Å². The van der Waals surface area contributed by atoms with Crippen molar-refractivity contribution in [1.82, 2.24) is 19.2 Å². The third-order valence-corrected chi connectivity index (χ3v) is 5.52. The Morgan fingerprint density at radius 2 is 1.75 bits per heavy atom. The summed E-state index contributed by atoms with van der Waals surface area (Å²) in [5.41, 5.74) is 5.48. The van der Waals surface area contributed by atoms with Gasteiger partial charge in [-0.25, -0.2) is 0 Å². The van der Waals surface area contributed by atoms with Crippen LogP contribution in [0.3, 0.4) is 0 Å². The molecule has 0 aliphatic carbocycles. The van der Waals surface area contributed by atoms with E-state index in [1.54, 1.807) is 26.9 Å². The number of fused-ring (bicyclic) bond motifs is 1. The predicted octanol–water partition coefficient (Wildman–Crippen LogP) is 4.43. The molecular formula is C22H20N4OS. The smallest absolute Gasteiger partial charge is 0.280 e. The maximum Gasteiger partial charge on any atom is 0.300 e. The van der Waals surface area contributed by atoms with E-state index >= 15 is 0 Å². The normalized spacial score (nSPS) is 11.1. The Kier molecular flexibility index (Phi) is 4.88. The van der Waals surface area contributed by atoms with E-state index in [4.69, 9.17) is 0 Å². The average molecular weight is 388 g/mol. The molecule has 2 heterocycles. The van der Waals surface area contributed by atoms with Crippen molar-refractivity contribution in [2.45, 2.75) is 24.8 Å². The highest BCUT2D eigenvalue weighted by molar-refractivity contribution is 7.98. The molecule has 0 aliphatic heterocycles. The van der Waals surface area contributed by atoms with Gasteiger partial charge in [0.1, 0.15) is 0 Å². The average Bonchev–Trinajstić information content (AvgIpc) is 3.10. The fourth-order valence-electron chi connectivity index (χ4n) is 3.16. The second-order valence-corrected chi connectivity index (χ2v) is 7.67. The second kappa shape index (κ2) is 7.48. The number of hydrogen-bond acceptors (Lipinski definition) is 4. The molecule has 0 fully saturated rings. The molecule has 6 heteroatoms. The van der Waals surface area contributed by atoms with Crippen molar-refractivity contribution >= 4 is 23.5 Å². The zero-order chi connectivity index (χ0) is 19.7. The highest BCUT2D eigenvalue weighted by atomic mass is 32.2. The van der Waals surface area contributed by atoms with Crippen LogP contribution >= 0.6 is 11.8 Å². The van der Waals surface area contributed by atoms with Gasteiger partial charge < -0.3 is 0 Å². The molecule has 0 unspecified atom stereocenters. The first-order valence-electron chi connectivity index (χ1n) is 8.94. The van der Waals surface area contributed by atoms with Gasteiger partial charge in [-0.3, -0.25) is 13.8 Å². The Bertz CT molecular complexity index is 1200. The topological polar surface area (TPSA) is 52.2 Å². The van der Waals surface area contributed by atoms with Crippen molar-refractivity contribution in [2.24, 2.45) is 0 Å². The molecule has 0 spiro atoms. The molecular weight excluding hydrogens is 368 g/mol. The number of rotatable bonds is 5. The number of benzene rings is 2. The summed E-state index contributed by atoms with van der Waals surface area (Å²) in [6.07, 6.45) is 5.44. The number of aryl methyl sites for hydroxylation is 2. The van der Waals surface area contributed by atoms with Gasteiger partial charge in [-0.05, 0) is 48.2 Å². The zero-order valence-electron chi connectivity index (χ0n) is 15.8. The van der Waals surface area contributed by atoms with Gasteiger partial charge in [-0.15, -0.1) is 10.2 Å². The Hall–Kier alpha value is -3.12. The van der Waals surface area contributed by atoms with Crippen molar-refractivity contribution in [2.75, 3.05) is 0 Å². The van der Waals surface area contributed by atoms with Crippen molar-refractivity contribution in [3.8, 4) is 5.69 Å². The Labute approximate surface area is 167 Å². The summed E-state index contributed by atoms with van der Waals surface area (Å²) < 4.78 is 3.37. The van der Waals surface area contributed by atoms with Crippen molar-refractivity contribution < 1.29 is 0 Å². The minimum absolute atomic E-state index is 0.179. The third kappa shape index (κ3) is 3.51. The monoisotopic (exact) mass is 388 g/mol. The Morgan fingerprint density at radius 3 is 2.43 bits per heavy atom. The largest absolute Gasteiger partial charge is 0.300 e. The number of hydrogen-bond donors (Lipinski definition) is 0. The quantitative estimate of drug-likeness (QED) is 0.475. The fourth-order valence-corrected chi connectivity index (χ4v) is 4.03. The van der Waals surface area contributed by atoms with E-state index in [-0.39, 0.29) is 5.56 Å². The van der Waals surface area contributed by atoms with Crippen LogP contribution in [0.2, 0.25) is 0 Å². The first kappa shape index (κ1) is 18.3. The van der Waals surface area contributed by atoms with Crippen molar-refractivity contribution in [1.29, 1.82) is 0 Å². The second-order valence-electron chi connectivity index (χ2n) is 6.73. The maximum absolute atomic E-state index is 12.9. The standard InChI is InChI=1S/C22H20N4OS/c1-4-17-5-7-18(8-6-17)14-28-22-24-23-20-21(27)25(9-10-26(20)22)19-12-15(2)11-16(3)13-19/h4-13H,1,14H2,2-3H3. The number of nitrogens with zero attached hydrogens (tertiary/aromatic N) is 4. The highest BCUT2D eigenvalue weighted by Gasteiger charge is 2.12. The highest BCUT2D eigenvalue weighted by Crippen LogP contribution is 2.22. The lowest BCUT2D eigenvalue weighted by Crippen LogP contribution is -2.20. The molecule has 0 saturated heterocycles. The van der Waals surface area contributed by atoms with Crippen LogP contribution < -0.4 is 5.56 Å². The van der Waals surface area contributed by atoms with E-state index in [0.29, 0.717) is 10.8 Å². The maximum atomic E-state index is 12.9. The van der Waals surface area contributed by atoms with Gasteiger partial charge in [0.15, 0.2) is 5.16 Å². The van der Waals surface area contributed by atoms with Crippen LogP contribution in [0, 0.1) is 13.8 Å². The van der Waals surface area contributed by atoms with Gasteiger partial charge in [-0.2, -0.15) is 0 Å².